The fourth-order valence-corrected chi connectivity index (χ4v) is 1.59. The minimum absolute atomic E-state index is 0.0255. The molecule has 4 nitrogen and oxygen atoms in total. The van der Waals surface area contributed by atoms with E-state index >= 15 is 0 Å². The number of aliphatic hydroxyl groups excluding tert-OH is 1. The van der Waals surface area contributed by atoms with E-state index in [1.807, 2.05) is 0 Å². The number of carbonyl (C=O) groups is 1. The third kappa shape index (κ3) is 1.95. The van der Waals surface area contributed by atoms with Crippen LogP contribution >= 0.6 is 0 Å². The summed E-state index contributed by atoms with van der Waals surface area (Å²) in [6.07, 6.45) is 1.35. The Morgan fingerprint density at radius 1 is 1.58 bits per heavy atom. The molecule has 0 heterocycles. The third-order valence-electron chi connectivity index (χ3n) is 2.36. The van der Waals surface area contributed by atoms with Gasteiger partial charge in [0.05, 0.1) is 19.1 Å². The summed E-state index contributed by atoms with van der Waals surface area (Å²) >= 11 is 0. The molecule has 1 aliphatic rings. The SMILES string of the molecule is COC(=O)C1CC(N)CCC1O. The van der Waals surface area contributed by atoms with E-state index in [1.54, 1.807) is 0 Å². The number of hydrogen-bond donors (Lipinski definition) is 2. The smallest absolute Gasteiger partial charge is 0.311 e. The largest absolute Gasteiger partial charge is 0.469 e. The Morgan fingerprint density at radius 2 is 2.25 bits per heavy atom. The zero-order valence-electron chi connectivity index (χ0n) is 7.19. The molecule has 4 heteroatoms. The van der Waals surface area contributed by atoms with Gasteiger partial charge in [0.25, 0.3) is 0 Å². The van der Waals surface area contributed by atoms with Crippen LogP contribution in [0.3, 0.4) is 0 Å². The van der Waals surface area contributed by atoms with Crippen molar-refractivity contribution in [2.45, 2.75) is 31.4 Å². The zero-order valence-corrected chi connectivity index (χ0v) is 7.19. The van der Waals surface area contributed by atoms with Crippen molar-refractivity contribution < 1.29 is 14.6 Å². The molecule has 0 aliphatic heterocycles. The Hall–Kier alpha value is -0.610. The molecule has 0 saturated heterocycles. The van der Waals surface area contributed by atoms with Crippen LogP contribution in [0.1, 0.15) is 19.3 Å². The summed E-state index contributed by atoms with van der Waals surface area (Å²) in [5.41, 5.74) is 5.66. The van der Waals surface area contributed by atoms with Crippen LogP contribution in [-0.4, -0.2) is 30.3 Å². The fourth-order valence-electron chi connectivity index (χ4n) is 1.59. The van der Waals surface area contributed by atoms with E-state index in [4.69, 9.17) is 5.73 Å². The molecule has 70 valence electrons. The maximum atomic E-state index is 11.1. The van der Waals surface area contributed by atoms with Crippen LogP contribution in [0.15, 0.2) is 0 Å². The topological polar surface area (TPSA) is 72.5 Å². The lowest BCUT2D eigenvalue weighted by Crippen LogP contribution is -2.40. The number of aliphatic hydroxyl groups is 1. The van der Waals surface area contributed by atoms with Gasteiger partial charge in [-0.3, -0.25) is 4.79 Å². The maximum Gasteiger partial charge on any atom is 0.311 e. The Kier molecular flexibility index (Phi) is 3.05. The number of rotatable bonds is 1. The average Bonchev–Trinajstić information content (AvgIpc) is 2.08. The summed E-state index contributed by atoms with van der Waals surface area (Å²) in [7, 11) is 1.33. The van der Waals surface area contributed by atoms with Crippen LogP contribution in [0.2, 0.25) is 0 Å². The predicted molar refractivity (Wildman–Crippen MR) is 43.3 cm³/mol. The number of hydrogen-bond acceptors (Lipinski definition) is 4. The molecule has 0 radical (unpaired) electrons. The number of methoxy groups -OCH3 is 1. The molecule has 0 aromatic heterocycles. The molecule has 0 spiro atoms. The number of carbonyl (C=O) groups excluding carboxylic acids is 1. The number of ether oxygens (including phenoxy) is 1. The standard InChI is InChI=1S/C8H15NO3/c1-12-8(11)6-4-5(9)2-3-7(6)10/h5-7,10H,2-4,9H2,1H3. The summed E-state index contributed by atoms with van der Waals surface area (Å²) < 4.78 is 4.55. The molecule has 0 bridgehead atoms. The summed E-state index contributed by atoms with van der Waals surface area (Å²) in [5.74, 6) is -0.767. The van der Waals surface area contributed by atoms with E-state index in [-0.39, 0.29) is 12.0 Å². The van der Waals surface area contributed by atoms with Crippen molar-refractivity contribution in [1.82, 2.24) is 0 Å². The van der Waals surface area contributed by atoms with Crippen molar-refractivity contribution in [2.75, 3.05) is 7.11 Å². The lowest BCUT2D eigenvalue weighted by molar-refractivity contribution is -0.151. The molecule has 0 aromatic rings. The van der Waals surface area contributed by atoms with Crippen LogP contribution in [0.5, 0.6) is 0 Å². The Labute approximate surface area is 71.7 Å². The lowest BCUT2D eigenvalue weighted by atomic mass is 9.84. The monoisotopic (exact) mass is 173 g/mol. The summed E-state index contributed by atoms with van der Waals surface area (Å²) in [5, 5.41) is 9.43. The van der Waals surface area contributed by atoms with E-state index in [1.165, 1.54) is 7.11 Å². The van der Waals surface area contributed by atoms with E-state index in [2.05, 4.69) is 4.74 Å². The molecule has 1 saturated carbocycles. The van der Waals surface area contributed by atoms with E-state index in [0.717, 1.165) is 6.42 Å². The highest BCUT2D eigenvalue weighted by atomic mass is 16.5. The first kappa shape index (κ1) is 9.48. The second-order valence-corrected chi connectivity index (χ2v) is 3.27. The molecule has 3 atom stereocenters. The van der Waals surface area contributed by atoms with Crippen molar-refractivity contribution in [3.05, 3.63) is 0 Å². The molecule has 0 amide bonds. The van der Waals surface area contributed by atoms with Gasteiger partial charge < -0.3 is 15.6 Å². The van der Waals surface area contributed by atoms with Crippen molar-refractivity contribution in [1.29, 1.82) is 0 Å². The highest BCUT2D eigenvalue weighted by Gasteiger charge is 2.33. The minimum Gasteiger partial charge on any atom is -0.469 e. The van der Waals surface area contributed by atoms with Gasteiger partial charge in [0.15, 0.2) is 0 Å². The normalized spacial score (nSPS) is 36.1. The molecule has 1 rings (SSSR count). The van der Waals surface area contributed by atoms with Crippen LogP contribution in [0, 0.1) is 5.92 Å². The summed E-state index contributed by atoms with van der Waals surface area (Å²) in [4.78, 5) is 11.1. The first-order chi connectivity index (χ1) is 5.65. The molecule has 1 aliphatic carbocycles. The maximum absolute atomic E-state index is 11.1. The summed E-state index contributed by atoms with van der Waals surface area (Å²) in [6.45, 7) is 0. The van der Waals surface area contributed by atoms with Crippen molar-refractivity contribution in [3.63, 3.8) is 0 Å². The van der Waals surface area contributed by atoms with Gasteiger partial charge in [-0.15, -0.1) is 0 Å². The van der Waals surface area contributed by atoms with Gasteiger partial charge in [-0.2, -0.15) is 0 Å². The van der Waals surface area contributed by atoms with E-state index < -0.39 is 12.0 Å². The zero-order chi connectivity index (χ0) is 9.14. The number of esters is 1. The minimum atomic E-state index is -0.572. The predicted octanol–water partition coefficient (Wildman–Crippen LogP) is -0.352. The van der Waals surface area contributed by atoms with Gasteiger partial charge >= 0.3 is 5.97 Å². The quantitative estimate of drug-likeness (QED) is 0.531. The van der Waals surface area contributed by atoms with E-state index in [0.29, 0.717) is 12.8 Å². The van der Waals surface area contributed by atoms with Gasteiger partial charge in [-0.1, -0.05) is 0 Å². The molecule has 3 unspecified atom stereocenters. The van der Waals surface area contributed by atoms with Crippen LogP contribution < -0.4 is 5.73 Å². The molecule has 3 N–H and O–H groups in total. The first-order valence-corrected chi connectivity index (χ1v) is 4.16. The fraction of sp³-hybridized carbons (Fsp3) is 0.875. The van der Waals surface area contributed by atoms with Gasteiger partial charge in [-0.25, -0.2) is 0 Å². The van der Waals surface area contributed by atoms with Crippen molar-refractivity contribution >= 4 is 5.97 Å². The number of nitrogens with two attached hydrogens (primary N) is 1. The summed E-state index contributed by atoms with van der Waals surface area (Å²) in [6, 6.07) is 0.0255. The van der Waals surface area contributed by atoms with Crippen LogP contribution in [0.25, 0.3) is 0 Å². The van der Waals surface area contributed by atoms with Gasteiger partial charge in [0.2, 0.25) is 0 Å². The van der Waals surface area contributed by atoms with Gasteiger partial charge in [0.1, 0.15) is 0 Å². The second-order valence-electron chi connectivity index (χ2n) is 3.27. The molecule has 12 heavy (non-hydrogen) atoms. The second kappa shape index (κ2) is 3.87. The Bertz CT molecular complexity index is 172. The van der Waals surface area contributed by atoms with E-state index in [9.17, 15) is 9.90 Å². The van der Waals surface area contributed by atoms with Crippen molar-refractivity contribution in [3.8, 4) is 0 Å². The third-order valence-corrected chi connectivity index (χ3v) is 2.36. The van der Waals surface area contributed by atoms with Crippen LogP contribution in [-0.2, 0) is 9.53 Å². The highest BCUT2D eigenvalue weighted by molar-refractivity contribution is 5.73. The van der Waals surface area contributed by atoms with Gasteiger partial charge in [-0.05, 0) is 19.3 Å². The molecular formula is C8H15NO3. The molecule has 0 aromatic carbocycles. The molecular weight excluding hydrogens is 158 g/mol. The lowest BCUT2D eigenvalue weighted by Gasteiger charge is -2.29. The van der Waals surface area contributed by atoms with Crippen LogP contribution in [0.4, 0.5) is 0 Å². The first-order valence-electron chi connectivity index (χ1n) is 4.16. The Morgan fingerprint density at radius 3 is 2.83 bits per heavy atom. The Balaban J connectivity index is 2.54. The van der Waals surface area contributed by atoms with Crippen molar-refractivity contribution in [2.24, 2.45) is 11.7 Å². The van der Waals surface area contributed by atoms with Gasteiger partial charge in [0, 0.05) is 6.04 Å². The highest BCUT2D eigenvalue weighted by Crippen LogP contribution is 2.24. The molecule has 1 fully saturated rings. The average molecular weight is 173 g/mol.